The molecule has 0 heterocycles. The zero-order valence-electron chi connectivity index (χ0n) is 7.71. The predicted molar refractivity (Wildman–Crippen MR) is 54.5 cm³/mol. The van der Waals surface area contributed by atoms with Gasteiger partial charge in [0.2, 0.25) is 0 Å². The molecular formula is C10H10N2O2. The molecule has 0 aliphatic rings. The molecule has 0 aliphatic carbocycles. The molecule has 0 fully saturated rings. The Bertz CT molecular complexity index is 369. The van der Waals surface area contributed by atoms with Gasteiger partial charge in [-0.1, -0.05) is 23.4 Å². The van der Waals surface area contributed by atoms with Gasteiger partial charge in [-0.05, 0) is 12.1 Å². The fraction of sp³-hybridized carbons (Fsp3) is 0.100. The molecule has 0 amide bonds. The quantitative estimate of drug-likeness (QED) is 0.449. The summed E-state index contributed by atoms with van der Waals surface area (Å²) in [5, 5.41) is 11.3. The molecule has 1 N–H and O–H groups in total. The Hall–Kier alpha value is -1.97. The van der Waals surface area contributed by atoms with Gasteiger partial charge in [0.1, 0.15) is 0 Å². The number of hydrogen-bond donors (Lipinski definition) is 1. The second-order valence-electron chi connectivity index (χ2n) is 2.64. The number of aliphatic imine (C=N–C) groups is 1. The fourth-order valence-electron chi connectivity index (χ4n) is 0.837. The van der Waals surface area contributed by atoms with Crippen LogP contribution in [0.25, 0.3) is 0 Å². The van der Waals surface area contributed by atoms with Gasteiger partial charge in [-0.3, -0.25) is 9.79 Å². The third-order valence-corrected chi connectivity index (χ3v) is 1.56. The zero-order chi connectivity index (χ0) is 10.4. The van der Waals surface area contributed by atoms with Crippen LogP contribution in [-0.2, 0) is 4.79 Å². The van der Waals surface area contributed by atoms with Crippen molar-refractivity contribution in [1.29, 1.82) is 0 Å². The van der Waals surface area contributed by atoms with Gasteiger partial charge in [-0.25, -0.2) is 0 Å². The van der Waals surface area contributed by atoms with Gasteiger partial charge in [0.15, 0.2) is 11.5 Å². The van der Waals surface area contributed by atoms with Crippen LogP contribution in [0.1, 0.15) is 6.92 Å². The lowest BCUT2D eigenvalue weighted by Gasteiger charge is -1.92. The molecule has 0 aromatic heterocycles. The first-order valence-electron chi connectivity index (χ1n) is 4.06. The van der Waals surface area contributed by atoms with Crippen molar-refractivity contribution in [2.75, 3.05) is 0 Å². The summed E-state index contributed by atoms with van der Waals surface area (Å²) in [5.74, 6) is -0.327. The van der Waals surface area contributed by atoms with E-state index in [1.165, 1.54) is 13.1 Å². The second-order valence-corrected chi connectivity index (χ2v) is 2.64. The van der Waals surface area contributed by atoms with E-state index in [4.69, 9.17) is 5.21 Å². The van der Waals surface area contributed by atoms with Gasteiger partial charge in [0.05, 0.1) is 11.9 Å². The van der Waals surface area contributed by atoms with E-state index in [0.717, 1.165) is 0 Å². The van der Waals surface area contributed by atoms with Crippen LogP contribution < -0.4 is 0 Å². The van der Waals surface area contributed by atoms with Crippen LogP contribution in [-0.4, -0.2) is 22.9 Å². The molecule has 0 spiro atoms. The first kappa shape index (κ1) is 10.1. The van der Waals surface area contributed by atoms with Crippen LogP contribution in [0.4, 0.5) is 5.69 Å². The molecule has 4 heteroatoms. The highest BCUT2D eigenvalue weighted by Crippen LogP contribution is 2.08. The lowest BCUT2D eigenvalue weighted by molar-refractivity contribution is -0.111. The minimum absolute atomic E-state index is 0.0612. The topological polar surface area (TPSA) is 62.0 Å². The normalized spacial score (nSPS) is 11.9. The number of benzene rings is 1. The number of carbonyl (C=O) groups is 1. The lowest BCUT2D eigenvalue weighted by Crippen LogP contribution is -2.10. The van der Waals surface area contributed by atoms with E-state index in [9.17, 15) is 4.79 Å². The number of ketones is 1. The third-order valence-electron chi connectivity index (χ3n) is 1.56. The van der Waals surface area contributed by atoms with Crippen molar-refractivity contribution in [3.05, 3.63) is 30.3 Å². The van der Waals surface area contributed by atoms with Crippen molar-refractivity contribution in [1.82, 2.24) is 0 Å². The molecule has 0 atom stereocenters. The predicted octanol–water partition coefficient (Wildman–Crippen LogP) is 1.81. The molecule has 0 aliphatic heterocycles. The summed E-state index contributed by atoms with van der Waals surface area (Å²) in [6.07, 6.45) is 1.23. The number of Topliss-reactive ketones (excluding diaryl/α,β-unsaturated/α-hetero) is 1. The minimum atomic E-state index is -0.327. The van der Waals surface area contributed by atoms with Crippen molar-refractivity contribution >= 4 is 23.4 Å². The van der Waals surface area contributed by atoms with Gasteiger partial charge in [-0.15, -0.1) is 0 Å². The van der Waals surface area contributed by atoms with Crippen LogP contribution in [0.3, 0.4) is 0 Å². The van der Waals surface area contributed by atoms with E-state index < -0.39 is 0 Å². The largest absolute Gasteiger partial charge is 0.410 e. The van der Waals surface area contributed by atoms with E-state index in [-0.39, 0.29) is 11.5 Å². The molecule has 72 valence electrons. The summed E-state index contributed by atoms with van der Waals surface area (Å²) in [6, 6.07) is 9.09. The van der Waals surface area contributed by atoms with Gasteiger partial charge >= 0.3 is 0 Å². The lowest BCUT2D eigenvalue weighted by atomic mass is 10.3. The maximum Gasteiger partial charge on any atom is 0.183 e. The summed E-state index contributed by atoms with van der Waals surface area (Å²) < 4.78 is 0. The average Bonchev–Trinajstić information content (AvgIpc) is 2.20. The summed E-state index contributed by atoms with van der Waals surface area (Å²) >= 11 is 0. The molecule has 0 bridgehead atoms. The molecule has 1 aromatic rings. The molecule has 0 unspecified atom stereocenters. The van der Waals surface area contributed by atoms with Crippen LogP contribution in [0, 0.1) is 0 Å². The zero-order valence-corrected chi connectivity index (χ0v) is 7.71. The van der Waals surface area contributed by atoms with Crippen molar-refractivity contribution < 1.29 is 10.0 Å². The smallest absolute Gasteiger partial charge is 0.183 e. The SMILES string of the molecule is CC(=O)C(C=Nc1ccccc1)=NO. The highest BCUT2D eigenvalue weighted by molar-refractivity contribution is 6.60. The van der Waals surface area contributed by atoms with Crippen molar-refractivity contribution in [2.24, 2.45) is 10.1 Å². The number of carbonyl (C=O) groups excluding carboxylic acids is 1. The summed E-state index contributed by atoms with van der Waals surface area (Å²) in [6.45, 7) is 1.31. The highest BCUT2D eigenvalue weighted by atomic mass is 16.4. The van der Waals surface area contributed by atoms with Gasteiger partial charge in [0.25, 0.3) is 0 Å². The average molecular weight is 190 g/mol. The van der Waals surface area contributed by atoms with Gasteiger partial charge < -0.3 is 5.21 Å². The minimum Gasteiger partial charge on any atom is -0.410 e. The first-order chi connectivity index (χ1) is 6.74. The molecule has 0 saturated carbocycles. The van der Waals surface area contributed by atoms with E-state index in [2.05, 4.69) is 10.1 Å². The Kier molecular flexibility index (Phi) is 3.55. The van der Waals surface area contributed by atoms with Crippen LogP contribution in [0.5, 0.6) is 0 Å². The first-order valence-corrected chi connectivity index (χ1v) is 4.06. The fourth-order valence-corrected chi connectivity index (χ4v) is 0.837. The maximum absolute atomic E-state index is 10.8. The molecule has 1 rings (SSSR count). The van der Waals surface area contributed by atoms with Crippen LogP contribution >= 0.6 is 0 Å². The summed E-state index contributed by atoms with van der Waals surface area (Å²) in [4.78, 5) is 14.8. The number of para-hydroxylation sites is 1. The number of nitrogens with zero attached hydrogens (tertiary/aromatic N) is 2. The Balaban J connectivity index is 2.78. The van der Waals surface area contributed by atoms with Crippen molar-refractivity contribution in [3.8, 4) is 0 Å². The molecule has 4 nitrogen and oxygen atoms in total. The Labute approximate surface area is 81.6 Å². The standard InChI is InChI=1S/C10H10N2O2/c1-8(13)10(12-14)7-11-9-5-3-2-4-6-9/h2-7,14H,1H3. The number of rotatable bonds is 3. The molecule has 0 radical (unpaired) electrons. The molecule has 0 saturated heterocycles. The monoisotopic (exact) mass is 190 g/mol. The van der Waals surface area contributed by atoms with E-state index in [1.807, 2.05) is 18.2 Å². The number of hydrogen-bond acceptors (Lipinski definition) is 4. The Morgan fingerprint density at radius 1 is 1.36 bits per heavy atom. The molecule has 14 heavy (non-hydrogen) atoms. The second kappa shape index (κ2) is 4.91. The van der Waals surface area contributed by atoms with E-state index >= 15 is 0 Å². The van der Waals surface area contributed by atoms with Crippen LogP contribution in [0.15, 0.2) is 40.5 Å². The Morgan fingerprint density at radius 2 is 2.00 bits per heavy atom. The van der Waals surface area contributed by atoms with Crippen molar-refractivity contribution in [3.63, 3.8) is 0 Å². The van der Waals surface area contributed by atoms with Gasteiger partial charge in [-0.2, -0.15) is 0 Å². The van der Waals surface area contributed by atoms with Gasteiger partial charge in [0, 0.05) is 6.92 Å². The van der Waals surface area contributed by atoms with E-state index in [0.29, 0.717) is 5.69 Å². The number of oxime groups is 1. The summed E-state index contributed by atoms with van der Waals surface area (Å²) in [5.41, 5.74) is 0.642. The van der Waals surface area contributed by atoms with E-state index in [1.54, 1.807) is 12.1 Å². The van der Waals surface area contributed by atoms with Crippen LogP contribution in [0.2, 0.25) is 0 Å². The van der Waals surface area contributed by atoms with Crippen molar-refractivity contribution in [2.45, 2.75) is 6.92 Å². The highest BCUT2D eigenvalue weighted by Gasteiger charge is 2.01. The summed E-state index contributed by atoms with van der Waals surface area (Å²) in [7, 11) is 0. The molecule has 1 aromatic carbocycles. The Morgan fingerprint density at radius 3 is 2.50 bits per heavy atom. The molecular weight excluding hydrogens is 180 g/mol. The maximum atomic E-state index is 10.8. The third kappa shape index (κ3) is 2.82.